The molecule has 0 fully saturated rings. The molecule has 0 aliphatic heterocycles. The van der Waals surface area contributed by atoms with E-state index < -0.39 is 11.9 Å². The number of alkyl halides is 3. The van der Waals surface area contributed by atoms with Gasteiger partial charge in [0.15, 0.2) is 6.29 Å². The molecular formula is C10H6F3NO2S. The lowest BCUT2D eigenvalue weighted by Crippen LogP contribution is -2.04. The number of aromatic nitrogens is 1. The van der Waals surface area contributed by atoms with Crippen LogP contribution < -0.4 is 0 Å². The van der Waals surface area contributed by atoms with Crippen molar-refractivity contribution in [3.63, 3.8) is 0 Å². The molecule has 0 radical (unpaired) electrons. The smallest absolute Gasteiger partial charge is 0.351 e. The Balaban J connectivity index is 2.47. The van der Waals surface area contributed by atoms with Crippen LogP contribution in [0.25, 0.3) is 10.6 Å². The van der Waals surface area contributed by atoms with E-state index in [4.69, 9.17) is 0 Å². The molecule has 2 rings (SSSR count). The van der Waals surface area contributed by atoms with E-state index in [0.717, 1.165) is 11.3 Å². The lowest BCUT2D eigenvalue weighted by atomic mass is 10.2. The van der Waals surface area contributed by atoms with Crippen molar-refractivity contribution in [1.82, 2.24) is 5.16 Å². The molecule has 0 saturated carbocycles. The third-order valence-electron chi connectivity index (χ3n) is 2.16. The number of carbonyl (C=O) groups excluding carboxylic acids is 1. The highest BCUT2D eigenvalue weighted by molar-refractivity contribution is 7.17. The number of aldehydes is 1. The summed E-state index contributed by atoms with van der Waals surface area (Å²) in [5, 5.41) is 3.40. The number of thiophene rings is 1. The molecule has 90 valence electrons. The number of halogens is 3. The van der Waals surface area contributed by atoms with Gasteiger partial charge in [0.05, 0.1) is 9.75 Å². The topological polar surface area (TPSA) is 43.1 Å². The van der Waals surface area contributed by atoms with E-state index in [1.165, 1.54) is 13.0 Å². The van der Waals surface area contributed by atoms with Gasteiger partial charge in [-0.15, -0.1) is 11.3 Å². The monoisotopic (exact) mass is 261 g/mol. The minimum absolute atomic E-state index is 0.0724. The molecule has 0 aliphatic carbocycles. The molecular weight excluding hydrogens is 255 g/mol. The molecule has 2 heterocycles. The maximum absolute atomic E-state index is 12.5. The highest BCUT2D eigenvalue weighted by Gasteiger charge is 2.39. The Morgan fingerprint density at radius 2 is 2.12 bits per heavy atom. The van der Waals surface area contributed by atoms with E-state index >= 15 is 0 Å². The van der Waals surface area contributed by atoms with Gasteiger partial charge in [-0.25, -0.2) is 0 Å². The summed E-state index contributed by atoms with van der Waals surface area (Å²) in [4.78, 5) is 11.4. The van der Waals surface area contributed by atoms with Crippen molar-refractivity contribution in [2.45, 2.75) is 13.1 Å². The number of nitrogens with zero attached hydrogens (tertiary/aromatic N) is 1. The first-order valence-corrected chi connectivity index (χ1v) is 5.34. The first-order valence-electron chi connectivity index (χ1n) is 4.52. The quantitative estimate of drug-likeness (QED) is 0.776. The fraction of sp³-hybridized carbons (Fsp3) is 0.200. The molecule has 0 aliphatic rings. The van der Waals surface area contributed by atoms with Gasteiger partial charge < -0.3 is 4.52 Å². The predicted octanol–water partition coefficient (Wildman–Crippen LogP) is 3.54. The molecule has 0 bridgehead atoms. The molecule has 0 amide bonds. The van der Waals surface area contributed by atoms with Gasteiger partial charge in [-0.05, 0) is 19.1 Å². The Labute approximate surface area is 97.8 Å². The predicted molar refractivity (Wildman–Crippen MR) is 54.9 cm³/mol. The maximum atomic E-state index is 12.5. The minimum Gasteiger partial charge on any atom is -0.351 e. The molecule has 0 unspecified atom stereocenters. The summed E-state index contributed by atoms with van der Waals surface area (Å²) >= 11 is 1.07. The van der Waals surface area contributed by atoms with Crippen molar-refractivity contribution >= 4 is 17.6 Å². The number of hydrogen-bond acceptors (Lipinski definition) is 4. The molecule has 0 saturated heterocycles. The molecule has 0 N–H and O–H groups in total. The largest absolute Gasteiger partial charge is 0.452 e. The Bertz CT molecular complexity index is 556. The van der Waals surface area contributed by atoms with Crippen LogP contribution in [0.15, 0.2) is 16.7 Å². The second-order valence-corrected chi connectivity index (χ2v) is 4.42. The van der Waals surface area contributed by atoms with Crippen molar-refractivity contribution in [3.8, 4) is 10.6 Å². The molecule has 0 atom stereocenters. The average molecular weight is 261 g/mol. The first-order chi connectivity index (χ1) is 7.93. The van der Waals surface area contributed by atoms with E-state index in [-0.39, 0.29) is 11.3 Å². The van der Waals surface area contributed by atoms with E-state index in [0.29, 0.717) is 16.0 Å². The van der Waals surface area contributed by atoms with Crippen LogP contribution in [0, 0.1) is 6.92 Å². The number of carbonyl (C=O) groups is 1. The van der Waals surface area contributed by atoms with Gasteiger partial charge >= 0.3 is 6.18 Å². The Morgan fingerprint density at radius 1 is 1.41 bits per heavy atom. The van der Waals surface area contributed by atoms with Crippen LogP contribution in [0.4, 0.5) is 13.2 Å². The van der Waals surface area contributed by atoms with E-state index in [9.17, 15) is 18.0 Å². The Kier molecular flexibility index (Phi) is 2.78. The van der Waals surface area contributed by atoms with Crippen molar-refractivity contribution in [2.24, 2.45) is 0 Å². The first kappa shape index (κ1) is 11.8. The van der Waals surface area contributed by atoms with Gasteiger partial charge in [0, 0.05) is 5.56 Å². The second-order valence-electron chi connectivity index (χ2n) is 3.30. The SMILES string of the molecule is Cc1c(-c2ccc(C=O)s2)noc1C(F)(F)F. The molecule has 0 spiro atoms. The summed E-state index contributed by atoms with van der Waals surface area (Å²) in [6, 6.07) is 3.06. The minimum atomic E-state index is -4.56. The summed E-state index contributed by atoms with van der Waals surface area (Å²) in [6.07, 6.45) is -3.92. The van der Waals surface area contributed by atoms with Crippen LogP contribution in [0.1, 0.15) is 21.0 Å². The van der Waals surface area contributed by atoms with Gasteiger partial charge in [0.25, 0.3) is 0 Å². The lowest BCUT2D eigenvalue weighted by molar-refractivity contribution is -0.156. The molecule has 2 aromatic heterocycles. The Hall–Kier alpha value is -1.63. The fourth-order valence-electron chi connectivity index (χ4n) is 1.37. The highest BCUT2D eigenvalue weighted by atomic mass is 32.1. The standard InChI is InChI=1S/C10H6F3NO2S/c1-5-8(7-3-2-6(4-15)17-7)14-16-9(5)10(11,12)13/h2-4H,1H3. The van der Waals surface area contributed by atoms with E-state index in [1.54, 1.807) is 6.07 Å². The molecule has 0 aromatic carbocycles. The van der Waals surface area contributed by atoms with Crippen LogP contribution in [-0.4, -0.2) is 11.4 Å². The average Bonchev–Trinajstić information content (AvgIpc) is 2.82. The third-order valence-corrected chi connectivity index (χ3v) is 3.18. The van der Waals surface area contributed by atoms with Crippen molar-refractivity contribution in [3.05, 3.63) is 28.3 Å². The van der Waals surface area contributed by atoms with Gasteiger partial charge in [-0.3, -0.25) is 4.79 Å². The zero-order valence-electron chi connectivity index (χ0n) is 8.54. The summed E-state index contributed by atoms with van der Waals surface area (Å²) in [5.74, 6) is -1.10. The molecule has 3 nitrogen and oxygen atoms in total. The van der Waals surface area contributed by atoms with Crippen molar-refractivity contribution in [1.29, 1.82) is 0 Å². The zero-order valence-corrected chi connectivity index (χ0v) is 9.35. The summed E-state index contributed by atoms with van der Waals surface area (Å²) in [7, 11) is 0. The summed E-state index contributed by atoms with van der Waals surface area (Å²) in [5.41, 5.74) is 0.0484. The summed E-state index contributed by atoms with van der Waals surface area (Å²) < 4.78 is 41.7. The molecule has 2 aromatic rings. The Morgan fingerprint density at radius 3 is 2.59 bits per heavy atom. The lowest BCUT2D eigenvalue weighted by Gasteiger charge is -2.01. The van der Waals surface area contributed by atoms with Gasteiger partial charge in [-0.2, -0.15) is 13.2 Å². The normalized spacial score (nSPS) is 11.8. The number of rotatable bonds is 2. The van der Waals surface area contributed by atoms with Crippen molar-refractivity contribution < 1.29 is 22.5 Å². The van der Waals surface area contributed by atoms with Crippen LogP contribution in [0.5, 0.6) is 0 Å². The van der Waals surface area contributed by atoms with Gasteiger partial charge in [0.1, 0.15) is 5.69 Å². The zero-order chi connectivity index (χ0) is 12.6. The van der Waals surface area contributed by atoms with E-state index in [2.05, 4.69) is 9.68 Å². The van der Waals surface area contributed by atoms with Gasteiger partial charge in [0.2, 0.25) is 5.76 Å². The molecule has 17 heavy (non-hydrogen) atoms. The highest BCUT2D eigenvalue weighted by Crippen LogP contribution is 2.37. The van der Waals surface area contributed by atoms with Crippen LogP contribution in [-0.2, 0) is 6.18 Å². The van der Waals surface area contributed by atoms with Gasteiger partial charge in [-0.1, -0.05) is 5.16 Å². The van der Waals surface area contributed by atoms with Crippen LogP contribution >= 0.6 is 11.3 Å². The number of hydrogen-bond donors (Lipinski definition) is 0. The fourth-order valence-corrected chi connectivity index (χ4v) is 2.23. The maximum Gasteiger partial charge on any atom is 0.452 e. The second kappa shape index (κ2) is 3.99. The van der Waals surface area contributed by atoms with Crippen molar-refractivity contribution in [2.75, 3.05) is 0 Å². The summed E-state index contributed by atoms with van der Waals surface area (Å²) in [6.45, 7) is 1.29. The third kappa shape index (κ3) is 2.10. The van der Waals surface area contributed by atoms with Crippen LogP contribution in [0.3, 0.4) is 0 Å². The van der Waals surface area contributed by atoms with E-state index in [1.807, 2.05) is 0 Å². The van der Waals surface area contributed by atoms with Crippen LogP contribution in [0.2, 0.25) is 0 Å². The molecule has 7 heteroatoms.